The quantitative estimate of drug-likeness (QED) is 0.919. The lowest BCUT2D eigenvalue weighted by Crippen LogP contribution is -2.27. The molecule has 0 saturated carbocycles. The number of fused-ring (bicyclic) bond motifs is 1. The molecule has 108 valence electrons. The summed E-state index contributed by atoms with van der Waals surface area (Å²) >= 11 is 0. The normalized spacial score (nSPS) is 16.8. The van der Waals surface area contributed by atoms with E-state index in [2.05, 4.69) is 5.32 Å². The van der Waals surface area contributed by atoms with Crippen LogP contribution in [0.2, 0.25) is 0 Å². The molecule has 0 aliphatic carbocycles. The maximum Gasteiger partial charge on any atom is 0.232 e. The Bertz CT molecular complexity index is 667. The number of carbonyl (C=O) groups is 1. The molecule has 1 atom stereocenters. The number of halogens is 2. The molecule has 0 bridgehead atoms. The van der Waals surface area contributed by atoms with Crippen molar-refractivity contribution in [1.82, 2.24) is 0 Å². The summed E-state index contributed by atoms with van der Waals surface area (Å²) in [5, 5.41) is 2.34. The van der Waals surface area contributed by atoms with Crippen LogP contribution in [0.3, 0.4) is 0 Å². The van der Waals surface area contributed by atoms with Crippen LogP contribution in [-0.2, 0) is 4.79 Å². The monoisotopic (exact) mass is 289 g/mol. The first kappa shape index (κ1) is 13.5. The molecule has 0 radical (unpaired) electrons. The van der Waals surface area contributed by atoms with Crippen molar-refractivity contribution in [3.05, 3.63) is 59.7 Å². The molecule has 5 heteroatoms. The van der Waals surface area contributed by atoms with Crippen LogP contribution in [-0.4, -0.2) is 12.5 Å². The fraction of sp³-hybridized carbons (Fsp3) is 0.188. The number of nitrogens with one attached hydrogen (secondary N) is 1. The van der Waals surface area contributed by atoms with E-state index < -0.39 is 29.1 Å². The van der Waals surface area contributed by atoms with Gasteiger partial charge in [0.25, 0.3) is 0 Å². The number of para-hydroxylation sites is 2. The lowest BCUT2D eigenvalue weighted by molar-refractivity contribution is -0.118. The van der Waals surface area contributed by atoms with E-state index in [1.807, 2.05) is 6.07 Å². The third-order valence-electron chi connectivity index (χ3n) is 3.49. The van der Waals surface area contributed by atoms with Crippen molar-refractivity contribution in [1.29, 1.82) is 0 Å². The van der Waals surface area contributed by atoms with Gasteiger partial charge in [-0.2, -0.15) is 0 Å². The summed E-state index contributed by atoms with van der Waals surface area (Å²) in [5.74, 6) is -1.85. The highest BCUT2D eigenvalue weighted by Crippen LogP contribution is 2.34. The van der Waals surface area contributed by atoms with Crippen molar-refractivity contribution in [2.24, 2.45) is 0 Å². The standard InChI is InChI=1S/C16H13F2NO2/c17-12-5-3-6-13(18)15(12)19-16(20)11-8-9-21-14-7-2-1-4-10(11)14/h1-7,11H,8-9H2,(H,19,20). The Hall–Kier alpha value is -2.43. The molecule has 2 aromatic rings. The average molecular weight is 289 g/mol. The fourth-order valence-electron chi connectivity index (χ4n) is 2.44. The molecule has 1 aliphatic heterocycles. The predicted octanol–water partition coefficient (Wildman–Crippen LogP) is 3.47. The summed E-state index contributed by atoms with van der Waals surface area (Å²) in [5.41, 5.74) is 0.324. The summed E-state index contributed by atoms with van der Waals surface area (Å²) in [6, 6.07) is 10.7. The molecule has 3 nitrogen and oxygen atoms in total. The zero-order chi connectivity index (χ0) is 14.8. The summed E-state index contributed by atoms with van der Waals surface area (Å²) in [6.07, 6.45) is 0.471. The van der Waals surface area contributed by atoms with Gasteiger partial charge in [-0.05, 0) is 24.6 Å². The second-order valence-corrected chi connectivity index (χ2v) is 4.81. The first-order valence-corrected chi connectivity index (χ1v) is 6.63. The Labute approximate surface area is 120 Å². The topological polar surface area (TPSA) is 38.3 Å². The van der Waals surface area contributed by atoms with Crippen LogP contribution in [0, 0.1) is 11.6 Å². The molecular weight excluding hydrogens is 276 g/mol. The summed E-state index contributed by atoms with van der Waals surface area (Å²) < 4.78 is 32.7. The minimum absolute atomic E-state index is 0.398. The van der Waals surface area contributed by atoms with E-state index in [1.165, 1.54) is 6.07 Å². The smallest absolute Gasteiger partial charge is 0.232 e. The molecule has 0 spiro atoms. The number of hydrogen-bond acceptors (Lipinski definition) is 2. The molecule has 0 saturated heterocycles. The van der Waals surface area contributed by atoms with Crippen LogP contribution in [0.1, 0.15) is 17.9 Å². The minimum Gasteiger partial charge on any atom is -0.493 e. The summed E-state index contributed by atoms with van der Waals surface area (Å²) in [7, 11) is 0. The molecule has 3 rings (SSSR count). The second-order valence-electron chi connectivity index (χ2n) is 4.81. The first-order valence-electron chi connectivity index (χ1n) is 6.63. The lowest BCUT2D eigenvalue weighted by atomic mass is 9.92. The van der Waals surface area contributed by atoms with E-state index >= 15 is 0 Å². The van der Waals surface area contributed by atoms with E-state index in [-0.39, 0.29) is 0 Å². The number of ether oxygens (including phenoxy) is 1. The molecule has 0 aromatic heterocycles. The number of anilines is 1. The van der Waals surface area contributed by atoms with Gasteiger partial charge in [0.05, 0.1) is 12.5 Å². The minimum atomic E-state index is -0.788. The van der Waals surface area contributed by atoms with E-state index in [4.69, 9.17) is 4.74 Å². The molecule has 0 fully saturated rings. The van der Waals surface area contributed by atoms with Crippen LogP contribution >= 0.6 is 0 Å². The number of rotatable bonds is 2. The van der Waals surface area contributed by atoms with Crippen molar-refractivity contribution in [3.63, 3.8) is 0 Å². The number of carbonyl (C=O) groups excluding carboxylic acids is 1. The van der Waals surface area contributed by atoms with Crippen LogP contribution in [0.4, 0.5) is 14.5 Å². The van der Waals surface area contributed by atoms with Gasteiger partial charge in [0.2, 0.25) is 5.91 Å². The van der Waals surface area contributed by atoms with E-state index in [0.717, 1.165) is 17.7 Å². The third kappa shape index (κ3) is 2.59. The van der Waals surface area contributed by atoms with Gasteiger partial charge >= 0.3 is 0 Å². The Morgan fingerprint density at radius 1 is 1.10 bits per heavy atom. The van der Waals surface area contributed by atoms with Gasteiger partial charge in [-0.3, -0.25) is 4.79 Å². The predicted molar refractivity (Wildman–Crippen MR) is 74.3 cm³/mol. The highest BCUT2D eigenvalue weighted by atomic mass is 19.1. The lowest BCUT2D eigenvalue weighted by Gasteiger charge is -2.25. The van der Waals surface area contributed by atoms with Crippen molar-refractivity contribution in [2.45, 2.75) is 12.3 Å². The molecule has 21 heavy (non-hydrogen) atoms. The molecule has 1 heterocycles. The number of amides is 1. The highest BCUT2D eigenvalue weighted by molar-refractivity contribution is 5.96. The number of benzene rings is 2. The SMILES string of the molecule is O=C(Nc1c(F)cccc1F)C1CCOc2ccccc21. The first-order chi connectivity index (χ1) is 10.2. The van der Waals surface area contributed by atoms with Crippen molar-refractivity contribution in [2.75, 3.05) is 11.9 Å². The highest BCUT2D eigenvalue weighted by Gasteiger charge is 2.28. The van der Waals surface area contributed by atoms with E-state index in [0.29, 0.717) is 18.8 Å². The van der Waals surface area contributed by atoms with E-state index in [1.54, 1.807) is 18.2 Å². The van der Waals surface area contributed by atoms with Crippen molar-refractivity contribution >= 4 is 11.6 Å². The third-order valence-corrected chi connectivity index (χ3v) is 3.49. The summed E-state index contributed by atoms with van der Waals surface area (Å²) in [4.78, 5) is 12.3. The Kier molecular flexibility index (Phi) is 3.56. The van der Waals surface area contributed by atoms with Crippen molar-refractivity contribution < 1.29 is 18.3 Å². The molecular formula is C16H13F2NO2. The van der Waals surface area contributed by atoms with Gasteiger partial charge in [0.15, 0.2) is 0 Å². The maximum atomic E-state index is 13.6. The number of hydrogen-bond donors (Lipinski definition) is 1. The van der Waals surface area contributed by atoms with Crippen molar-refractivity contribution in [3.8, 4) is 5.75 Å². The maximum absolute atomic E-state index is 13.6. The van der Waals surface area contributed by atoms with Gasteiger partial charge in [-0.25, -0.2) is 8.78 Å². The molecule has 1 unspecified atom stereocenters. The Morgan fingerprint density at radius 3 is 2.57 bits per heavy atom. The van der Waals surface area contributed by atoms with Crippen LogP contribution in [0.5, 0.6) is 5.75 Å². The Morgan fingerprint density at radius 2 is 1.81 bits per heavy atom. The zero-order valence-corrected chi connectivity index (χ0v) is 11.1. The summed E-state index contributed by atoms with van der Waals surface area (Å²) in [6.45, 7) is 0.398. The molecule has 1 amide bonds. The van der Waals surface area contributed by atoms with Crippen LogP contribution < -0.4 is 10.1 Å². The zero-order valence-electron chi connectivity index (χ0n) is 11.1. The van der Waals surface area contributed by atoms with Crippen LogP contribution in [0.25, 0.3) is 0 Å². The molecule has 2 aromatic carbocycles. The van der Waals surface area contributed by atoms with Gasteiger partial charge in [-0.15, -0.1) is 0 Å². The van der Waals surface area contributed by atoms with Gasteiger partial charge in [0.1, 0.15) is 23.1 Å². The molecule has 1 N–H and O–H groups in total. The van der Waals surface area contributed by atoms with E-state index in [9.17, 15) is 13.6 Å². The van der Waals surface area contributed by atoms with Gasteiger partial charge < -0.3 is 10.1 Å². The largest absolute Gasteiger partial charge is 0.493 e. The van der Waals surface area contributed by atoms with Gasteiger partial charge in [0, 0.05) is 5.56 Å². The fourth-order valence-corrected chi connectivity index (χ4v) is 2.44. The second kappa shape index (κ2) is 5.52. The molecule has 1 aliphatic rings. The average Bonchev–Trinajstić information content (AvgIpc) is 2.50. The van der Waals surface area contributed by atoms with Crippen LogP contribution in [0.15, 0.2) is 42.5 Å². The Balaban J connectivity index is 1.87. The van der Waals surface area contributed by atoms with Gasteiger partial charge in [-0.1, -0.05) is 24.3 Å².